The van der Waals surface area contributed by atoms with Gasteiger partial charge in [0.25, 0.3) is 0 Å². The first-order valence-corrected chi connectivity index (χ1v) is 22.4. The van der Waals surface area contributed by atoms with Crippen LogP contribution in [0.5, 0.6) is 0 Å². The molecule has 246 valence electrons. The molecule has 47 heavy (non-hydrogen) atoms. The Balaban J connectivity index is 0.000000285. The van der Waals surface area contributed by atoms with E-state index in [2.05, 4.69) is 172 Å². The summed E-state index contributed by atoms with van der Waals surface area (Å²) in [7, 11) is 0. The standard InChI is InChI=1S/C22H25.C19H19.C2H6Si.2ClH.Zr/c1-15(2)18-13-17-7-6-8-20(21(17)14-18)16-9-11-19(12-10-16)22(3,4)5;1-12-5-7-16(15(4)9-12)17-8-6-14(3)18-10-13(2)11-19(17)18;1-3-2;;;/h6-15H,1-5H3;5-11H,1-4H3;1-2H3;2*1H;/q2*-1;;;;+2/p-2. The van der Waals surface area contributed by atoms with Gasteiger partial charge in [0.2, 0.25) is 0 Å². The molecule has 0 nitrogen and oxygen atoms in total. The van der Waals surface area contributed by atoms with Gasteiger partial charge in [-0.05, 0) is 47.4 Å². The minimum Gasteiger partial charge on any atom is -1.00 e. The second-order valence-corrected chi connectivity index (χ2v) is 23.6. The van der Waals surface area contributed by atoms with Gasteiger partial charge in [0, 0.05) is 0 Å². The number of hydrogen-bond acceptors (Lipinski definition) is 0. The summed E-state index contributed by atoms with van der Waals surface area (Å²) >= 11 is 1.74. The first-order chi connectivity index (χ1) is 21.1. The maximum Gasteiger partial charge on any atom is -0.0249 e. The first kappa shape index (κ1) is 41.0. The van der Waals surface area contributed by atoms with Crippen molar-refractivity contribution >= 4 is 27.0 Å². The van der Waals surface area contributed by atoms with E-state index in [1.807, 2.05) is 0 Å². The Kier molecular flexibility index (Phi) is 15.2. The van der Waals surface area contributed by atoms with Gasteiger partial charge in [0.1, 0.15) is 0 Å². The van der Waals surface area contributed by atoms with Crippen molar-refractivity contribution in [3.05, 3.63) is 130 Å². The maximum absolute atomic E-state index is 2.35. The Morgan fingerprint density at radius 3 is 1.85 bits per heavy atom. The summed E-state index contributed by atoms with van der Waals surface area (Å²) in [6.07, 6.45) is 0. The van der Waals surface area contributed by atoms with Crippen LogP contribution in [0, 0.1) is 27.7 Å². The Bertz CT molecular complexity index is 1930. The van der Waals surface area contributed by atoms with Gasteiger partial charge in [0.05, 0.1) is 0 Å². The second kappa shape index (κ2) is 17.4. The monoisotopic (exact) mass is 754 g/mol. The van der Waals surface area contributed by atoms with Crippen molar-refractivity contribution in [1.29, 1.82) is 0 Å². The van der Waals surface area contributed by atoms with Crippen LogP contribution >= 0.6 is 0 Å². The molecule has 4 heteroatoms. The summed E-state index contributed by atoms with van der Waals surface area (Å²) < 4.78 is 0. The molecule has 6 aromatic rings. The number of fused-ring (bicyclic) bond motifs is 2. The topological polar surface area (TPSA) is 0 Å². The Hall–Kier alpha value is -2.22. The van der Waals surface area contributed by atoms with Crippen molar-refractivity contribution in [3.8, 4) is 22.3 Å². The predicted molar refractivity (Wildman–Crippen MR) is 199 cm³/mol. The number of rotatable bonds is 3. The molecule has 0 N–H and O–H groups in total. The van der Waals surface area contributed by atoms with Crippen LogP contribution in [0.25, 0.3) is 43.8 Å². The molecule has 0 radical (unpaired) electrons. The summed E-state index contributed by atoms with van der Waals surface area (Å²) in [5, 5.41) is 5.48. The third-order valence-corrected chi connectivity index (χ3v) is 8.42. The zero-order valence-electron chi connectivity index (χ0n) is 30.1. The van der Waals surface area contributed by atoms with E-state index < -0.39 is 0 Å². The van der Waals surface area contributed by atoms with Crippen molar-refractivity contribution < 1.29 is 48.1 Å². The molecule has 0 atom stereocenters. The molecular formula is C43H50Cl2SiZr-2. The molecule has 0 saturated carbocycles. The van der Waals surface area contributed by atoms with Crippen molar-refractivity contribution in [2.45, 2.75) is 86.7 Å². The molecule has 6 aromatic carbocycles. The average Bonchev–Trinajstić information content (AvgIpc) is 3.58. The van der Waals surface area contributed by atoms with Gasteiger partial charge in [-0.1, -0.05) is 120 Å². The fourth-order valence-electron chi connectivity index (χ4n) is 5.93. The number of benzene rings is 4. The number of aryl methyl sites for hydroxylation is 4. The molecule has 0 bridgehead atoms. The summed E-state index contributed by atoms with van der Waals surface area (Å²) in [5.41, 5.74) is 13.9. The Morgan fingerprint density at radius 1 is 0.660 bits per heavy atom. The van der Waals surface area contributed by atoms with E-state index in [0.29, 0.717) is 5.92 Å². The summed E-state index contributed by atoms with van der Waals surface area (Å²) in [5.74, 6) is 0.573. The fraction of sp³-hybridized carbons (Fsp3) is 0.302. The molecule has 0 amide bonds. The summed E-state index contributed by atoms with van der Waals surface area (Å²) in [6.45, 7) is 24.6. The fourth-order valence-corrected chi connectivity index (χ4v) is 5.93. The van der Waals surface area contributed by atoms with Gasteiger partial charge >= 0.3 is 41.9 Å². The molecule has 0 heterocycles. The van der Waals surface area contributed by atoms with Crippen LogP contribution in [-0.4, -0.2) is 5.43 Å². The normalized spacial score (nSPS) is 10.9. The zero-order valence-corrected chi connectivity index (χ0v) is 35.0. The quantitative estimate of drug-likeness (QED) is 0.136. The van der Waals surface area contributed by atoms with E-state index in [0.717, 1.165) is 0 Å². The molecule has 0 spiro atoms. The SMILES string of the molecule is CC(C)c1cc2c(-c3ccc(C(C)(C)C)cc3)cccc2[cH-]1.C[Si](C)=[Zr+2].Cc1ccc(-c2ccc(C)c3[cH-]c(C)cc23)c(C)c1.[Cl-].[Cl-]. The molecular weight excluding hydrogens is 707 g/mol. The van der Waals surface area contributed by atoms with Crippen molar-refractivity contribution in [2.24, 2.45) is 0 Å². The number of hydrogen-bond donors (Lipinski definition) is 0. The number of halogens is 2. The Labute approximate surface area is 312 Å². The summed E-state index contributed by atoms with van der Waals surface area (Å²) in [6, 6.07) is 36.1. The molecule has 0 aliphatic heterocycles. The molecule has 0 aromatic heterocycles. The van der Waals surface area contributed by atoms with Gasteiger partial charge < -0.3 is 24.8 Å². The van der Waals surface area contributed by atoms with Crippen LogP contribution in [-0.2, 0) is 28.8 Å². The molecule has 0 fully saturated rings. The van der Waals surface area contributed by atoms with Crippen molar-refractivity contribution in [2.75, 3.05) is 0 Å². The van der Waals surface area contributed by atoms with E-state index in [4.69, 9.17) is 0 Å². The van der Waals surface area contributed by atoms with Crippen LogP contribution < -0.4 is 24.8 Å². The van der Waals surface area contributed by atoms with E-state index >= 15 is 0 Å². The zero-order chi connectivity index (χ0) is 33.1. The molecule has 0 aliphatic carbocycles. The molecule has 0 aliphatic rings. The third kappa shape index (κ3) is 10.4. The molecule has 0 unspecified atom stereocenters. The van der Waals surface area contributed by atoms with Crippen LogP contribution in [0.3, 0.4) is 0 Å². The smallest absolute Gasteiger partial charge is 0.0249 e. The van der Waals surface area contributed by atoms with Gasteiger partial charge in [-0.2, -0.15) is 12.1 Å². The maximum atomic E-state index is 2.35. The second-order valence-electron chi connectivity index (χ2n) is 14.2. The first-order valence-electron chi connectivity index (χ1n) is 16.2. The van der Waals surface area contributed by atoms with E-state index in [1.54, 1.807) is 23.3 Å². The van der Waals surface area contributed by atoms with Gasteiger partial charge in [0.15, 0.2) is 0 Å². The van der Waals surface area contributed by atoms with Crippen molar-refractivity contribution in [1.82, 2.24) is 0 Å². The van der Waals surface area contributed by atoms with Gasteiger partial charge in [-0.3, -0.25) is 0 Å². The van der Waals surface area contributed by atoms with Crippen LogP contribution in [0.1, 0.15) is 73.9 Å². The van der Waals surface area contributed by atoms with Crippen LogP contribution in [0.15, 0.2) is 97.1 Å². The van der Waals surface area contributed by atoms with E-state index in [9.17, 15) is 0 Å². The van der Waals surface area contributed by atoms with E-state index in [1.165, 1.54) is 77.2 Å². The van der Waals surface area contributed by atoms with Crippen LogP contribution in [0.2, 0.25) is 13.1 Å². The Morgan fingerprint density at radius 2 is 1.28 bits per heavy atom. The summed E-state index contributed by atoms with van der Waals surface area (Å²) in [4.78, 5) is 0. The van der Waals surface area contributed by atoms with E-state index in [-0.39, 0.29) is 35.7 Å². The predicted octanol–water partition coefficient (Wildman–Crippen LogP) is 6.90. The van der Waals surface area contributed by atoms with Crippen molar-refractivity contribution in [3.63, 3.8) is 0 Å². The molecule has 0 saturated heterocycles. The largest absolute Gasteiger partial charge is 1.00 e. The van der Waals surface area contributed by atoms with Crippen LogP contribution in [0.4, 0.5) is 0 Å². The minimum atomic E-state index is 0. The van der Waals surface area contributed by atoms with Gasteiger partial charge in [-0.15, -0.1) is 68.6 Å². The minimum absolute atomic E-state index is 0. The molecule has 6 rings (SSSR count). The average molecular weight is 757 g/mol. The third-order valence-electron chi connectivity index (χ3n) is 8.42. The van der Waals surface area contributed by atoms with Gasteiger partial charge in [-0.25, -0.2) is 0 Å².